The molecule has 0 spiro atoms. The first kappa shape index (κ1) is 23.8. The quantitative estimate of drug-likeness (QED) is 0.296. The van der Waals surface area contributed by atoms with Gasteiger partial charge in [0.1, 0.15) is 0 Å². The molecule has 0 amide bonds. The summed E-state index contributed by atoms with van der Waals surface area (Å²) >= 11 is 17.7. The summed E-state index contributed by atoms with van der Waals surface area (Å²) in [7, 11) is 0. The van der Waals surface area contributed by atoms with Gasteiger partial charge in [-0.3, -0.25) is 9.36 Å². The number of thiocarbonyl (C=S) groups is 1. The molecule has 33 heavy (non-hydrogen) atoms. The SMILES string of the molecule is FC(F)(F)c1cc(C2CC2)n(CCCNC(=S)Nc2ccn(Cc3c(Cl)cccc3Cl)n2)n1. The van der Waals surface area contributed by atoms with Gasteiger partial charge in [0.2, 0.25) is 0 Å². The highest BCUT2D eigenvalue weighted by molar-refractivity contribution is 7.80. The van der Waals surface area contributed by atoms with E-state index >= 15 is 0 Å². The summed E-state index contributed by atoms with van der Waals surface area (Å²) in [6.45, 7) is 1.27. The minimum absolute atomic E-state index is 0.181. The average Bonchev–Trinajstić information content (AvgIpc) is 3.34. The van der Waals surface area contributed by atoms with Crippen molar-refractivity contribution in [3.63, 3.8) is 0 Å². The number of hydrogen-bond acceptors (Lipinski definition) is 3. The van der Waals surface area contributed by atoms with Crippen molar-refractivity contribution in [3.8, 4) is 0 Å². The van der Waals surface area contributed by atoms with E-state index in [0.717, 1.165) is 18.4 Å². The Balaban J connectivity index is 1.25. The molecule has 0 bridgehead atoms. The van der Waals surface area contributed by atoms with Crippen LogP contribution in [0, 0.1) is 0 Å². The Labute approximate surface area is 204 Å². The molecule has 1 aliphatic rings. The molecule has 2 aromatic heterocycles. The van der Waals surface area contributed by atoms with E-state index in [9.17, 15) is 13.2 Å². The number of aryl methyl sites for hydroxylation is 1. The maximum atomic E-state index is 13.0. The molecule has 1 saturated carbocycles. The van der Waals surface area contributed by atoms with E-state index in [0.29, 0.717) is 52.7 Å². The smallest absolute Gasteiger partial charge is 0.362 e. The predicted octanol–water partition coefficient (Wildman–Crippen LogP) is 5.71. The summed E-state index contributed by atoms with van der Waals surface area (Å²) in [5, 5.41) is 15.7. The van der Waals surface area contributed by atoms with Crippen molar-refractivity contribution < 1.29 is 13.2 Å². The van der Waals surface area contributed by atoms with Gasteiger partial charge in [-0.05, 0) is 49.7 Å². The van der Waals surface area contributed by atoms with Crippen molar-refractivity contribution in [2.24, 2.45) is 0 Å². The molecule has 1 aliphatic carbocycles. The number of hydrogen-bond donors (Lipinski definition) is 2. The number of anilines is 1. The molecule has 1 aromatic carbocycles. The van der Waals surface area contributed by atoms with Gasteiger partial charge in [0, 0.05) is 52.6 Å². The molecule has 176 valence electrons. The summed E-state index contributed by atoms with van der Waals surface area (Å²) < 4.78 is 42.1. The molecule has 0 aliphatic heterocycles. The van der Waals surface area contributed by atoms with Crippen LogP contribution in [-0.2, 0) is 19.3 Å². The molecule has 0 radical (unpaired) electrons. The van der Waals surface area contributed by atoms with Gasteiger partial charge in [-0.15, -0.1) is 0 Å². The fourth-order valence-electron chi connectivity index (χ4n) is 3.41. The lowest BCUT2D eigenvalue weighted by atomic mass is 10.2. The topological polar surface area (TPSA) is 59.7 Å². The third-order valence-electron chi connectivity index (χ3n) is 5.19. The summed E-state index contributed by atoms with van der Waals surface area (Å²) in [5.74, 6) is 0.730. The van der Waals surface area contributed by atoms with Crippen LogP contribution in [0.4, 0.5) is 19.0 Å². The van der Waals surface area contributed by atoms with Crippen LogP contribution >= 0.6 is 35.4 Å². The highest BCUT2D eigenvalue weighted by atomic mass is 35.5. The molecule has 0 saturated heterocycles. The van der Waals surface area contributed by atoms with Gasteiger partial charge < -0.3 is 10.6 Å². The lowest BCUT2D eigenvalue weighted by Gasteiger charge is -2.10. The Bertz CT molecular complexity index is 1120. The van der Waals surface area contributed by atoms with Crippen LogP contribution in [0.5, 0.6) is 0 Å². The fourth-order valence-corrected chi connectivity index (χ4v) is 4.13. The van der Waals surface area contributed by atoms with Gasteiger partial charge in [0.15, 0.2) is 16.6 Å². The second-order valence-electron chi connectivity index (χ2n) is 7.78. The number of rotatable bonds is 8. The minimum Gasteiger partial charge on any atom is -0.362 e. The second kappa shape index (κ2) is 9.90. The van der Waals surface area contributed by atoms with Gasteiger partial charge in [0.25, 0.3) is 0 Å². The van der Waals surface area contributed by atoms with E-state index in [4.69, 9.17) is 35.4 Å². The van der Waals surface area contributed by atoms with Gasteiger partial charge in [-0.1, -0.05) is 29.3 Å². The predicted molar refractivity (Wildman–Crippen MR) is 126 cm³/mol. The van der Waals surface area contributed by atoms with Crippen molar-refractivity contribution >= 4 is 46.4 Å². The van der Waals surface area contributed by atoms with E-state index in [-0.39, 0.29) is 5.92 Å². The minimum atomic E-state index is -4.43. The molecule has 3 aromatic rings. The number of nitrogens with zero attached hydrogens (tertiary/aromatic N) is 4. The van der Waals surface area contributed by atoms with Crippen LogP contribution < -0.4 is 10.6 Å². The molecular formula is C21H21Cl2F3N6S. The van der Waals surface area contributed by atoms with E-state index in [2.05, 4.69) is 20.8 Å². The van der Waals surface area contributed by atoms with E-state index in [1.807, 2.05) is 0 Å². The largest absolute Gasteiger partial charge is 0.435 e. The summed E-state index contributed by atoms with van der Waals surface area (Å²) in [4.78, 5) is 0. The van der Waals surface area contributed by atoms with Crippen LogP contribution in [0.15, 0.2) is 36.5 Å². The normalized spacial score (nSPS) is 13.8. The average molecular weight is 517 g/mol. The highest BCUT2D eigenvalue weighted by Gasteiger charge is 2.37. The van der Waals surface area contributed by atoms with E-state index in [1.54, 1.807) is 35.1 Å². The zero-order valence-electron chi connectivity index (χ0n) is 17.4. The first-order valence-electron chi connectivity index (χ1n) is 10.4. The Hall–Kier alpha value is -2.30. The third-order valence-corrected chi connectivity index (χ3v) is 6.15. The van der Waals surface area contributed by atoms with Crippen molar-refractivity contribution in [1.29, 1.82) is 0 Å². The number of nitrogens with one attached hydrogen (secondary N) is 2. The van der Waals surface area contributed by atoms with Crippen LogP contribution in [0.2, 0.25) is 10.0 Å². The molecule has 2 heterocycles. The number of alkyl halides is 3. The van der Waals surface area contributed by atoms with E-state index < -0.39 is 11.9 Å². The molecule has 12 heteroatoms. The highest BCUT2D eigenvalue weighted by Crippen LogP contribution is 2.42. The Morgan fingerprint density at radius 1 is 1.15 bits per heavy atom. The fraction of sp³-hybridized carbons (Fsp3) is 0.381. The lowest BCUT2D eigenvalue weighted by molar-refractivity contribution is -0.141. The van der Waals surface area contributed by atoms with Crippen molar-refractivity contribution in [1.82, 2.24) is 24.9 Å². The number of halogens is 5. The van der Waals surface area contributed by atoms with Gasteiger partial charge in [0.05, 0.1) is 6.54 Å². The van der Waals surface area contributed by atoms with Gasteiger partial charge in [-0.2, -0.15) is 23.4 Å². The van der Waals surface area contributed by atoms with Crippen LogP contribution in [0.3, 0.4) is 0 Å². The van der Waals surface area contributed by atoms with Crippen molar-refractivity contribution in [2.75, 3.05) is 11.9 Å². The molecule has 0 atom stereocenters. The molecule has 1 fully saturated rings. The zero-order valence-corrected chi connectivity index (χ0v) is 19.7. The Kier molecular flexibility index (Phi) is 7.16. The molecule has 2 N–H and O–H groups in total. The lowest BCUT2D eigenvalue weighted by Crippen LogP contribution is -2.30. The van der Waals surface area contributed by atoms with Gasteiger partial charge >= 0.3 is 6.18 Å². The van der Waals surface area contributed by atoms with Crippen LogP contribution in [0.1, 0.15) is 42.1 Å². The van der Waals surface area contributed by atoms with Crippen molar-refractivity contribution in [2.45, 2.75) is 44.4 Å². The first-order chi connectivity index (χ1) is 15.7. The second-order valence-corrected chi connectivity index (χ2v) is 9.01. The van der Waals surface area contributed by atoms with Crippen molar-refractivity contribution in [3.05, 3.63) is 63.5 Å². The van der Waals surface area contributed by atoms with Crippen LogP contribution in [0.25, 0.3) is 0 Å². The maximum Gasteiger partial charge on any atom is 0.435 e. The number of aromatic nitrogens is 4. The summed E-state index contributed by atoms with van der Waals surface area (Å²) in [6.07, 6.45) is -0.270. The van der Waals surface area contributed by atoms with E-state index in [1.165, 1.54) is 10.7 Å². The maximum absolute atomic E-state index is 13.0. The molecular weight excluding hydrogens is 496 g/mol. The first-order valence-corrected chi connectivity index (χ1v) is 11.5. The standard InChI is InChI=1S/C21H21Cl2F3N6S/c22-15-3-1-4-16(23)14(15)12-31-10-7-19(30-31)28-20(33)27-8-2-9-32-17(13-5-6-13)11-18(29-32)21(24,25)26/h1,3-4,7,10-11,13H,2,5-6,8-9,12H2,(H2,27,28,30,33). The Morgan fingerprint density at radius 2 is 1.88 bits per heavy atom. The zero-order chi connectivity index (χ0) is 23.6. The monoisotopic (exact) mass is 516 g/mol. The Morgan fingerprint density at radius 3 is 2.55 bits per heavy atom. The molecule has 6 nitrogen and oxygen atoms in total. The molecule has 4 rings (SSSR count). The molecule has 0 unspecified atom stereocenters. The summed E-state index contributed by atoms with van der Waals surface area (Å²) in [5.41, 5.74) is 0.601. The van der Waals surface area contributed by atoms with Gasteiger partial charge in [-0.25, -0.2) is 0 Å². The van der Waals surface area contributed by atoms with Crippen LogP contribution in [-0.4, -0.2) is 31.2 Å². The summed E-state index contributed by atoms with van der Waals surface area (Å²) in [6, 6.07) is 8.26. The third kappa shape index (κ3) is 6.18. The number of benzene rings is 1.